The average molecular weight is 485 g/mol. The second-order valence-corrected chi connectivity index (χ2v) is 9.51. The zero-order valence-electron chi connectivity index (χ0n) is 18.4. The molecule has 0 radical (unpaired) electrons. The summed E-state index contributed by atoms with van der Waals surface area (Å²) in [5.74, 6) is 0.935. The fraction of sp³-hybridized carbons (Fsp3) is 0.320. The summed E-state index contributed by atoms with van der Waals surface area (Å²) >= 11 is 7.80. The Labute approximate surface area is 202 Å². The molecule has 1 amide bonds. The van der Waals surface area contributed by atoms with Crippen LogP contribution in [-0.2, 0) is 5.75 Å². The molecule has 172 valence electrons. The lowest BCUT2D eigenvalue weighted by Gasteiger charge is -2.32. The van der Waals surface area contributed by atoms with Gasteiger partial charge in [-0.25, -0.2) is 14.4 Å². The summed E-state index contributed by atoms with van der Waals surface area (Å²) < 4.78 is 13.0. The summed E-state index contributed by atoms with van der Waals surface area (Å²) in [7, 11) is 2.08. The van der Waals surface area contributed by atoms with Crippen molar-refractivity contribution in [2.24, 2.45) is 0 Å². The van der Waals surface area contributed by atoms with Crippen LogP contribution in [0, 0.1) is 5.82 Å². The molecule has 0 spiro atoms. The van der Waals surface area contributed by atoms with Gasteiger partial charge in [-0.1, -0.05) is 54.8 Å². The number of carbonyl (C=O) groups excluding carboxylic acids is 1. The summed E-state index contributed by atoms with van der Waals surface area (Å²) in [6, 6.07) is 15.4. The highest BCUT2D eigenvalue weighted by Gasteiger charge is 2.20. The largest absolute Gasteiger partial charge is 0.357 e. The number of nitrogens with one attached hydrogen (secondary N) is 1. The molecule has 0 bridgehead atoms. The summed E-state index contributed by atoms with van der Waals surface area (Å²) in [5, 5.41) is 3.84. The Kier molecular flexibility index (Phi) is 7.83. The Balaban J connectivity index is 1.36. The van der Waals surface area contributed by atoms with Gasteiger partial charge in [0.2, 0.25) is 0 Å². The van der Waals surface area contributed by atoms with E-state index in [1.165, 1.54) is 68.1 Å². The van der Waals surface area contributed by atoms with Crippen LogP contribution in [0.4, 0.5) is 15.9 Å². The third-order valence-electron chi connectivity index (χ3n) is 5.83. The Hall–Kier alpha value is -2.64. The fourth-order valence-electron chi connectivity index (χ4n) is 3.92. The smallest absolute Gasteiger partial charge is 0.255 e. The lowest BCUT2D eigenvalue weighted by atomic mass is 9.94. The highest BCUT2D eigenvalue weighted by molar-refractivity contribution is 7.98. The number of nitrogens with zero attached hydrogens (tertiary/aromatic N) is 3. The summed E-state index contributed by atoms with van der Waals surface area (Å²) in [6.45, 7) is 0. The molecule has 4 rings (SSSR count). The predicted molar refractivity (Wildman–Crippen MR) is 133 cm³/mol. The molecule has 0 saturated heterocycles. The van der Waals surface area contributed by atoms with Gasteiger partial charge in [0.25, 0.3) is 5.91 Å². The van der Waals surface area contributed by atoms with Crippen molar-refractivity contribution < 1.29 is 9.18 Å². The van der Waals surface area contributed by atoms with Crippen LogP contribution in [0.3, 0.4) is 0 Å². The highest BCUT2D eigenvalue weighted by atomic mass is 35.5. The van der Waals surface area contributed by atoms with Gasteiger partial charge in [-0.15, -0.1) is 0 Å². The Morgan fingerprint density at radius 3 is 2.48 bits per heavy atom. The van der Waals surface area contributed by atoms with E-state index >= 15 is 0 Å². The lowest BCUT2D eigenvalue weighted by molar-refractivity contribution is 0.102. The van der Waals surface area contributed by atoms with Gasteiger partial charge in [0.05, 0.1) is 0 Å². The van der Waals surface area contributed by atoms with Crippen molar-refractivity contribution in [2.75, 3.05) is 17.3 Å². The fourth-order valence-corrected chi connectivity index (χ4v) is 4.96. The van der Waals surface area contributed by atoms with Crippen LogP contribution in [-0.4, -0.2) is 29.0 Å². The maximum atomic E-state index is 13.0. The monoisotopic (exact) mass is 484 g/mol. The summed E-state index contributed by atoms with van der Waals surface area (Å²) in [4.78, 5) is 23.7. The number of hydrogen-bond donors (Lipinski definition) is 1. The SMILES string of the molecule is CN(c1cc(Cl)nc(SCc2ccc(C(=O)Nc3ccc(F)cc3)cc2)n1)C1CCCCC1. The molecule has 1 aliphatic rings. The van der Waals surface area contributed by atoms with Crippen LogP contribution in [0.2, 0.25) is 5.15 Å². The molecule has 1 N–H and O–H groups in total. The number of anilines is 2. The van der Waals surface area contributed by atoms with Crippen molar-refractivity contribution in [3.05, 3.63) is 76.7 Å². The molecule has 0 unspecified atom stereocenters. The number of rotatable bonds is 7. The van der Waals surface area contributed by atoms with Crippen LogP contribution in [0.15, 0.2) is 59.8 Å². The third-order valence-corrected chi connectivity index (χ3v) is 6.94. The number of halogens is 2. The molecular formula is C25H26ClFN4OS. The molecular weight excluding hydrogens is 459 g/mol. The van der Waals surface area contributed by atoms with Gasteiger partial charge in [0, 0.05) is 36.2 Å². The van der Waals surface area contributed by atoms with Gasteiger partial charge in [0.15, 0.2) is 5.16 Å². The van der Waals surface area contributed by atoms with E-state index in [0.717, 1.165) is 11.4 Å². The van der Waals surface area contributed by atoms with Crippen LogP contribution in [0.1, 0.15) is 48.0 Å². The minimum atomic E-state index is -0.341. The Morgan fingerprint density at radius 1 is 1.09 bits per heavy atom. The van der Waals surface area contributed by atoms with E-state index in [4.69, 9.17) is 16.6 Å². The lowest BCUT2D eigenvalue weighted by Crippen LogP contribution is -2.34. The van der Waals surface area contributed by atoms with E-state index in [1.807, 2.05) is 18.2 Å². The van der Waals surface area contributed by atoms with E-state index in [2.05, 4.69) is 22.2 Å². The minimum Gasteiger partial charge on any atom is -0.357 e. The van der Waals surface area contributed by atoms with Gasteiger partial charge >= 0.3 is 0 Å². The number of carbonyl (C=O) groups is 1. The first-order valence-electron chi connectivity index (χ1n) is 11.0. The first kappa shape index (κ1) is 23.5. The summed E-state index contributed by atoms with van der Waals surface area (Å²) in [5.41, 5.74) is 2.13. The molecule has 1 heterocycles. The van der Waals surface area contributed by atoms with Gasteiger partial charge < -0.3 is 10.2 Å². The quantitative estimate of drug-likeness (QED) is 0.233. The average Bonchev–Trinajstić information content (AvgIpc) is 2.84. The molecule has 1 aromatic heterocycles. The molecule has 1 fully saturated rings. The van der Waals surface area contributed by atoms with Crippen molar-refractivity contribution in [1.29, 1.82) is 0 Å². The van der Waals surface area contributed by atoms with E-state index in [1.54, 1.807) is 12.1 Å². The number of hydrogen-bond acceptors (Lipinski definition) is 5. The molecule has 0 atom stereocenters. The van der Waals surface area contributed by atoms with Gasteiger partial charge in [-0.2, -0.15) is 0 Å². The molecule has 5 nitrogen and oxygen atoms in total. The van der Waals surface area contributed by atoms with E-state index in [-0.39, 0.29) is 11.7 Å². The molecule has 0 aliphatic heterocycles. The van der Waals surface area contributed by atoms with Crippen LogP contribution in [0.25, 0.3) is 0 Å². The van der Waals surface area contributed by atoms with E-state index < -0.39 is 0 Å². The van der Waals surface area contributed by atoms with Crippen molar-refractivity contribution in [3.63, 3.8) is 0 Å². The Morgan fingerprint density at radius 2 is 1.79 bits per heavy atom. The predicted octanol–water partition coefficient (Wildman–Crippen LogP) is 6.58. The normalized spacial score (nSPS) is 14.2. The number of aromatic nitrogens is 2. The molecule has 33 heavy (non-hydrogen) atoms. The zero-order valence-corrected chi connectivity index (χ0v) is 20.0. The van der Waals surface area contributed by atoms with E-state index in [9.17, 15) is 9.18 Å². The van der Waals surface area contributed by atoms with Crippen molar-refractivity contribution in [1.82, 2.24) is 9.97 Å². The zero-order chi connectivity index (χ0) is 23.2. The van der Waals surface area contributed by atoms with Crippen molar-refractivity contribution in [2.45, 2.75) is 49.1 Å². The first-order chi connectivity index (χ1) is 16.0. The van der Waals surface area contributed by atoms with Crippen molar-refractivity contribution >= 4 is 40.8 Å². The standard InChI is InChI=1S/C25H26ClFN4OS/c1-31(21-5-3-2-4-6-21)23-15-22(26)29-25(30-23)33-16-17-7-9-18(10-8-17)24(32)28-20-13-11-19(27)12-14-20/h7-15,21H,2-6,16H2,1H3,(H,28,32). The highest BCUT2D eigenvalue weighted by Crippen LogP contribution is 2.29. The van der Waals surface area contributed by atoms with E-state index in [0.29, 0.717) is 33.4 Å². The van der Waals surface area contributed by atoms with Gasteiger partial charge in [0.1, 0.15) is 16.8 Å². The second-order valence-electron chi connectivity index (χ2n) is 8.18. The summed E-state index contributed by atoms with van der Waals surface area (Å²) in [6.07, 6.45) is 6.19. The second kappa shape index (κ2) is 11.0. The van der Waals surface area contributed by atoms with Gasteiger partial charge in [-0.3, -0.25) is 4.79 Å². The number of amides is 1. The minimum absolute atomic E-state index is 0.241. The topological polar surface area (TPSA) is 58.1 Å². The maximum absolute atomic E-state index is 13.0. The van der Waals surface area contributed by atoms with Crippen LogP contribution < -0.4 is 10.2 Å². The van der Waals surface area contributed by atoms with Crippen LogP contribution in [0.5, 0.6) is 0 Å². The van der Waals surface area contributed by atoms with Gasteiger partial charge in [-0.05, 0) is 54.8 Å². The van der Waals surface area contributed by atoms with Crippen LogP contribution >= 0.6 is 23.4 Å². The number of benzene rings is 2. The number of thioether (sulfide) groups is 1. The molecule has 8 heteroatoms. The maximum Gasteiger partial charge on any atom is 0.255 e. The Bertz CT molecular complexity index is 1090. The molecule has 1 saturated carbocycles. The first-order valence-corrected chi connectivity index (χ1v) is 12.4. The molecule has 3 aromatic rings. The van der Waals surface area contributed by atoms with Crippen molar-refractivity contribution in [3.8, 4) is 0 Å². The molecule has 1 aliphatic carbocycles. The third kappa shape index (κ3) is 6.45. The molecule has 2 aromatic carbocycles.